The summed E-state index contributed by atoms with van der Waals surface area (Å²) in [6.07, 6.45) is -2.09. The molecule has 0 spiro atoms. The van der Waals surface area contributed by atoms with Gasteiger partial charge in [-0.15, -0.1) is 0 Å². The van der Waals surface area contributed by atoms with E-state index < -0.39 is 42.3 Å². The molecular weight excluding hydrogens is 222 g/mol. The number of aliphatic carboxylic acids is 3. The predicted molar refractivity (Wildman–Crippen MR) is 46.2 cm³/mol. The van der Waals surface area contributed by atoms with Crippen molar-refractivity contribution in [3.8, 4) is 6.07 Å². The highest BCUT2D eigenvalue weighted by molar-refractivity contribution is 5.89. The number of carboxylic acids is 3. The molecule has 8 heteroatoms. The van der Waals surface area contributed by atoms with E-state index in [0.29, 0.717) is 0 Å². The van der Waals surface area contributed by atoms with Crippen molar-refractivity contribution in [2.24, 2.45) is 5.92 Å². The zero-order valence-electron chi connectivity index (χ0n) is 7.95. The minimum atomic E-state index is -2.99. The largest absolute Gasteiger partial charge is 0.481 e. The number of carboxylic acid groups (broad SMARTS) is 3. The van der Waals surface area contributed by atoms with Crippen molar-refractivity contribution in [2.75, 3.05) is 0 Å². The van der Waals surface area contributed by atoms with E-state index in [0.717, 1.165) is 0 Å². The van der Waals surface area contributed by atoms with Gasteiger partial charge in [-0.2, -0.15) is 5.26 Å². The lowest BCUT2D eigenvalue weighted by Gasteiger charge is -2.26. The van der Waals surface area contributed by atoms with Crippen molar-refractivity contribution < 1.29 is 34.8 Å². The maximum atomic E-state index is 10.7. The molecule has 0 aromatic heterocycles. The van der Waals surface area contributed by atoms with Crippen molar-refractivity contribution in [1.29, 1.82) is 5.26 Å². The molecule has 0 saturated carbocycles. The standard InChI is InChI=1S/C8H9NO7/c9-2-1-4(6(12)13)8(16,7(14)15)3-5(10)11/h4,16H,1,3H2,(H,10,11)(H,12,13)(H,14,15). The molecule has 0 bridgehead atoms. The van der Waals surface area contributed by atoms with Gasteiger partial charge in [-0.3, -0.25) is 9.59 Å². The molecule has 0 aromatic carbocycles. The minimum absolute atomic E-state index is 0.800. The molecule has 0 aliphatic carbocycles. The van der Waals surface area contributed by atoms with E-state index in [1.54, 1.807) is 0 Å². The van der Waals surface area contributed by atoms with Crippen LogP contribution in [0.4, 0.5) is 0 Å². The van der Waals surface area contributed by atoms with Crippen LogP contribution in [0.25, 0.3) is 0 Å². The number of nitrogens with zero attached hydrogens (tertiary/aromatic N) is 1. The lowest BCUT2D eigenvalue weighted by molar-refractivity contribution is -0.178. The highest BCUT2D eigenvalue weighted by Crippen LogP contribution is 2.25. The number of carbonyl (C=O) groups is 3. The van der Waals surface area contributed by atoms with Crippen molar-refractivity contribution in [3.05, 3.63) is 0 Å². The van der Waals surface area contributed by atoms with E-state index in [1.807, 2.05) is 0 Å². The first kappa shape index (κ1) is 13.9. The van der Waals surface area contributed by atoms with Crippen LogP contribution in [0, 0.1) is 17.2 Å². The fourth-order valence-electron chi connectivity index (χ4n) is 1.13. The first-order valence-corrected chi connectivity index (χ1v) is 4.03. The minimum Gasteiger partial charge on any atom is -0.481 e. The van der Waals surface area contributed by atoms with Crippen LogP contribution in [-0.4, -0.2) is 43.9 Å². The van der Waals surface area contributed by atoms with E-state index >= 15 is 0 Å². The molecule has 2 unspecified atom stereocenters. The second kappa shape index (κ2) is 5.09. The van der Waals surface area contributed by atoms with Crippen LogP contribution in [0.2, 0.25) is 0 Å². The molecular formula is C8H9NO7. The molecule has 16 heavy (non-hydrogen) atoms. The smallest absolute Gasteiger partial charge is 0.337 e. The van der Waals surface area contributed by atoms with Crippen LogP contribution < -0.4 is 0 Å². The van der Waals surface area contributed by atoms with Gasteiger partial charge < -0.3 is 20.4 Å². The Kier molecular flexibility index (Phi) is 4.41. The van der Waals surface area contributed by atoms with Gasteiger partial charge in [0.15, 0.2) is 5.60 Å². The molecule has 2 atom stereocenters. The molecule has 0 aliphatic rings. The number of rotatable bonds is 6. The number of aliphatic hydroxyl groups is 1. The van der Waals surface area contributed by atoms with Crippen LogP contribution in [-0.2, 0) is 14.4 Å². The first-order chi connectivity index (χ1) is 7.25. The van der Waals surface area contributed by atoms with E-state index in [9.17, 15) is 19.5 Å². The Balaban J connectivity index is 5.29. The third-order valence-corrected chi connectivity index (χ3v) is 1.96. The topological polar surface area (TPSA) is 156 Å². The number of hydrogen-bond donors (Lipinski definition) is 4. The van der Waals surface area contributed by atoms with Gasteiger partial charge in [0.1, 0.15) is 5.92 Å². The monoisotopic (exact) mass is 231 g/mol. The summed E-state index contributed by atoms with van der Waals surface area (Å²) in [5.74, 6) is -7.40. The molecule has 0 radical (unpaired) electrons. The van der Waals surface area contributed by atoms with Crippen LogP contribution in [0.5, 0.6) is 0 Å². The molecule has 0 saturated heterocycles. The molecule has 0 rings (SSSR count). The molecule has 0 aliphatic heterocycles. The van der Waals surface area contributed by atoms with Gasteiger partial charge in [0.25, 0.3) is 0 Å². The van der Waals surface area contributed by atoms with E-state index in [2.05, 4.69) is 0 Å². The van der Waals surface area contributed by atoms with Gasteiger partial charge >= 0.3 is 17.9 Å². The van der Waals surface area contributed by atoms with Gasteiger partial charge in [0.05, 0.1) is 18.9 Å². The Hall–Kier alpha value is -2.14. The SMILES string of the molecule is N#CCC(C(=O)O)C(O)(CC(=O)O)C(=O)O. The van der Waals surface area contributed by atoms with E-state index in [4.69, 9.17) is 20.6 Å². The van der Waals surface area contributed by atoms with E-state index in [1.165, 1.54) is 6.07 Å². The molecule has 88 valence electrons. The second-order valence-electron chi connectivity index (χ2n) is 3.05. The van der Waals surface area contributed by atoms with Gasteiger partial charge in [-0.1, -0.05) is 0 Å². The summed E-state index contributed by atoms with van der Waals surface area (Å²) in [4.78, 5) is 31.7. The lowest BCUT2D eigenvalue weighted by atomic mass is 9.82. The van der Waals surface area contributed by atoms with Crippen LogP contribution in [0.15, 0.2) is 0 Å². The highest BCUT2D eigenvalue weighted by atomic mass is 16.4. The first-order valence-electron chi connectivity index (χ1n) is 4.03. The van der Waals surface area contributed by atoms with Gasteiger partial charge in [0, 0.05) is 0 Å². The molecule has 8 nitrogen and oxygen atoms in total. The third kappa shape index (κ3) is 2.93. The molecule has 0 aromatic rings. The summed E-state index contributed by atoms with van der Waals surface area (Å²) < 4.78 is 0. The van der Waals surface area contributed by atoms with Gasteiger partial charge in [-0.05, 0) is 0 Å². The lowest BCUT2D eigenvalue weighted by Crippen LogP contribution is -2.50. The number of hydrogen-bond acceptors (Lipinski definition) is 5. The summed E-state index contributed by atoms with van der Waals surface area (Å²) in [5.41, 5.74) is -2.99. The summed E-state index contributed by atoms with van der Waals surface area (Å²) >= 11 is 0. The summed E-state index contributed by atoms with van der Waals surface area (Å²) in [7, 11) is 0. The maximum absolute atomic E-state index is 10.7. The molecule has 0 heterocycles. The van der Waals surface area contributed by atoms with E-state index in [-0.39, 0.29) is 0 Å². The summed E-state index contributed by atoms with van der Waals surface area (Å²) in [6.45, 7) is 0. The molecule has 0 fully saturated rings. The number of nitriles is 1. The predicted octanol–water partition coefficient (Wildman–Crippen LogP) is -1.11. The molecule has 0 amide bonds. The Morgan fingerprint density at radius 3 is 2.00 bits per heavy atom. The van der Waals surface area contributed by atoms with Crippen molar-refractivity contribution in [3.63, 3.8) is 0 Å². The second-order valence-corrected chi connectivity index (χ2v) is 3.05. The Labute approximate surface area is 89.3 Å². The average Bonchev–Trinajstić information content (AvgIpc) is 2.11. The maximum Gasteiger partial charge on any atom is 0.337 e. The zero-order valence-corrected chi connectivity index (χ0v) is 7.95. The van der Waals surface area contributed by atoms with Gasteiger partial charge in [-0.25, -0.2) is 4.79 Å². The quantitative estimate of drug-likeness (QED) is 0.448. The van der Waals surface area contributed by atoms with Crippen LogP contribution in [0.3, 0.4) is 0 Å². The highest BCUT2D eigenvalue weighted by Gasteiger charge is 2.49. The summed E-state index contributed by atoms with van der Waals surface area (Å²) in [5, 5.41) is 43.5. The van der Waals surface area contributed by atoms with Crippen molar-refractivity contribution >= 4 is 17.9 Å². The van der Waals surface area contributed by atoms with Crippen LogP contribution in [0.1, 0.15) is 12.8 Å². The Morgan fingerprint density at radius 1 is 1.25 bits per heavy atom. The normalized spacial score (nSPS) is 15.5. The molecule has 4 N–H and O–H groups in total. The van der Waals surface area contributed by atoms with Gasteiger partial charge in [0.2, 0.25) is 0 Å². The fraction of sp³-hybridized carbons (Fsp3) is 0.500. The third-order valence-electron chi connectivity index (χ3n) is 1.96. The summed E-state index contributed by atoms with van der Waals surface area (Å²) in [6, 6.07) is 1.39. The van der Waals surface area contributed by atoms with Crippen molar-refractivity contribution in [1.82, 2.24) is 0 Å². The Bertz CT molecular complexity index is 358. The average molecular weight is 231 g/mol. The van der Waals surface area contributed by atoms with Crippen LogP contribution >= 0.6 is 0 Å². The fourth-order valence-corrected chi connectivity index (χ4v) is 1.13. The Morgan fingerprint density at radius 2 is 1.75 bits per heavy atom. The van der Waals surface area contributed by atoms with Crippen molar-refractivity contribution in [2.45, 2.75) is 18.4 Å². The zero-order chi connectivity index (χ0) is 12.9.